The molecule has 0 spiro atoms. The number of hydrogen-bond donors (Lipinski definition) is 2. The number of halogens is 1. The Bertz CT molecular complexity index is 625. The van der Waals surface area contributed by atoms with Crippen molar-refractivity contribution in [3.8, 4) is 5.75 Å². The van der Waals surface area contributed by atoms with E-state index in [9.17, 15) is 0 Å². The molecule has 7 heteroatoms. The Balaban J connectivity index is 0.00000420. The highest BCUT2D eigenvalue weighted by Gasteiger charge is 2.22. The lowest BCUT2D eigenvalue weighted by molar-refractivity contribution is 0.116. The van der Waals surface area contributed by atoms with Crippen LogP contribution < -0.4 is 15.4 Å². The predicted molar refractivity (Wildman–Crippen MR) is 134 cm³/mol. The third-order valence-corrected chi connectivity index (χ3v) is 5.38. The Hall–Kier alpha value is -1.06. The molecular weight excluding hydrogens is 477 g/mol. The Morgan fingerprint density at radius 3 is 2.72 bits per heavy atom. The highest BCUT2D eigenvalue weighted by atomic mass is 127. The monoisotopic (exact) mass is 517 g/mol. The van der Waals surface area contributed by atoms with Gasteiger partial charge in [-0.2, -0.15) is 0 Å². The van der Waals surface area contributed by atoms with Crippen LogP contribution in [0.3, 0.4) is 0 Å². The van der Waals surface area contributed by atoms with Gasteiger partial charge in [-0.25, -0.2) is 0 Å². The third kappa shape index (κ3) is 9.09. The van der Waals surface area contributed by atoms with Gasteiger partial charge >= 0.3 is 0 Å². The van der Waals surface area contributed by atoms with Crippen LogP contribution in [0.25, 0.3) is 0 Å². The first kappa shape index (κ1) is 26.0. The summed E-state index contributed by atoms with van der Waals surface area (Å²) in [5.74, 6) is 1.81. The molecule has 1 fully saturated rings. The number of piperazine rings is 1. The van der Waals surface area contributed by atoms with Gasteiger partial charge < -0.3 is 20.3 Å². The van der Waals surface area contributed by atoms with Crippen molar-refractivity contribution in [2.45, 2.75) is 45.7 Å². The molecule has 1 unspecified atom stereocenters. The SMILES string of the molecule is CCCCCOc1cc(C)ccc1CNC(=NC)NCC1CN(C)CCN1C.I. The summed E-state index contributed by atoms with van der Waals surface area (Å²) in [6, 6.07) is 6.91. The minimum absolute atomic E-state index is 0. The van der Waals surface area contributed by atoms with Crippen LogP contribution >= 0.6 is 24.0 Å². The van der Waals surface area contributed by atoms with Gasteiger partial charge in [-0.15, -0.1) is 24.0 Å². The second-order valence-corrected chi connectivity index (χ2v) is 7.87. The molecule has 0 bridgehead atoms. The van der Waals surface area contributed by atoms with E-state index in [0.717, 1.165) is 50.9 Å². The van der Waals surface area contributed by atoms with E-state index in [0.29, 0.717) is 12.6 Å². The van der Waals surface area contributed by atoms with Crippen LogP contribution in [0.15, 0.2) is 23.2 Å². The molecule has 1 atom stereocenters. The molecule has 6 nitrogen and oxygen atoms in total. The zero-order chi connectivity index (χ0) is 20.4. The molecule has 1 aromatic rings. The van der Waals surface area contributed by atoms with Crippen LogP contribution in [0.4, 0.5) is 0 Å². The lowest BCUT2D eigenvalue weighted by atomic mass is 10.1. The Labute approximate surface area is 194 Å². The van der Waals surface area contributed by atoms with Gasteiger partial charge in [-0.1, -0.05) is 31.9 Å². The largest absolute Gasteiger partial charge is 0.493 e. The number of ether oxygens (including phenoxy) is 1. The first-order valence-corrected chi connectivity index (χ1v) is 10.6. The first-order valence-electron chi connectivity index (χ1n) is 10.6. The maximum Gasteiger partial charge on any atom is 0.191 e. The third-order valence-electron chi connectivity index (χ3n) is 5.38. The van der Waals surface area contributed by atoms with Crippen LogP contribution in [-0.2, 0) is 6.54 Å². The van der Waals surface area contributed by atoms with Crippen molar-refractivity contribution >= 4 is 29.9 Å². The van der Waals surface area contributed by atoms with E-state index in [1.54, 1.807) is 0 Å². The van der Waals surface area contributed by atoms with E-state index in [-0.39, 0.29) is 24.0 Å². The molecular formula is C22H40IN5O. The summed E-state index contributed by atoms with van der Waals surface area (Å²) >= 11 is 0. The van der Waals surface area contributed by atoms with E-state index >= 15 is 0 Å². The summed E-state index contributed by atoms with van der Waals surface area (Å²) in [4.78, 5) is 9.19. The van der Waals surface area contributed by atoms with Crippen LogP contribution in [0.5, 0.6) is 5.75 Å². The second-order valence-electron chi connectivity index (χ2n) is 7.87. The fourth-order valence-electron chi connectivity index (χ4n) is 3.41. The number of aliphatic imine (C=N–C) groups is 1. The summed E-state index contributed by atoms with van der Waals surface area (Å²) in [5.41, 5.74) is 2.39. The Morgan fingerprint density at radius 1 is 1.21 bits per heavy atom. The number of hydrogen-bond acceptors (Lipinski definition) is 4. The van der Waals surface area contributed by atoms with E-state index < -0.39 is 0 Å². The minimum Gasteiger partial charge on any atom is -0.493 e. The normalized spacial score (nSPS) is 18.2. The molecule has 1 saturated heterocycles. The highest BCUT2D eigenvalue weighted by molar-refractivity contribution is 14.0. The quantitative estimate of drug-likeness (QED) is 0.228. The Morgan fingerprint density at radius 2 is 2.00 bits per heavy atom. The zero-order valence-corrected chi connectivity index (χ0v) is 21.2. The highest BCUT2D eigenvalue weighted by Crippen LogP contribution is 2.20. The van der Waals surface area contributed by atoms with Crippen molar-refractivity contribution in [3.63, 3.8) is 0 Å². The molecule has 2 rings (SSSR count). The van der Waals surface area contributed by atoms with Crippen LogP contribution in [0, 0.1) is 6.92 Å². The van der Waals surface area contributed by atoms with Crippen molar-refractivity contribution < 1.29 is 4.74 Å². The number of benzene rings is 1. The maximum absolute atomic E-state index is 6.05. The number of rotatable bonds is 9. The number of nitrogens with one attached hydrogen (secondary N) is 2. The van der Waals surface area contributed by atoms with E-state index in [1.165, 1.54) is 24.0 Å². The van der Waals surface area contributed by atoms with Gasteiger partial charge in [0.15, 0.2) is 5.96 Å². The smallest absolute Gasteiger partial charge is 0.191 e. The summed E-state index contributed by atoms with van der Waals surface area (Å²) < 4.78 is 6.05. The van der Waals surface area contributed by atoms with E-state index in [2.05, 4.69) is 71.6 Å². The number of nitrogens with zero attached hydrogens (tertiary/aromatic N) is 3. The van der Waals surface area contributed by atoms with Crippen LogP contribution in [-0.4, -0.2) is 75.7 Å². The lowest BCUT2D eigenvalue weighted by Crippen LogP contribution is -2.55. The number of aryl methyl sites for hydroxylation is 1. The van der Waals surface area contributed by atoms with Gasteiger partial charge in [0.25, 0.3) is 0 Å². The van der Waals surface area contributed by atoms with Crippen LogP contribution in [0.2, 0.25) is 0 Å². The number of unbranched alkanes of at least 4 members (excludes halogenated alkanes) is 2. The summed E-state index contributed by atoms with van der Waals surface area (Å²) in [6.45, 7) is 9.99. The summed E-state index contributed by atoms with van der Waals surface area (Å²) in [5, 5.41) is 6.92. The summed E-state index contributed by atoms with van der Waals surface area (Å²) in [6.07, 6.45) is 3.52. The molecule has 0 aliphatic carbocycles. The van der Waals surface area contributed by atoms with Gasteiger partial charge in [0.2, 0.25) is 0 Å². The van der Waals surface area contributed by atoms with E-state index in [1.807, 2.05) is 7.05 Å². The van der Waals surface area contributed by atoms with Crippen molar-refractivity contribution in [2.24, 2.45) is 4.99 Å². The molecule has 1 heterocycles. The molecule has 2 N–H and O–H groups in total. The maximum atomic E-state index is 6.05. The topological polar surface area (TPSA) is 52.1 Å². The summed E-state index contributed by atoms with van der Waals surface area (Å²) in [7, 11) is 6.21. The number of likely N-dealkylation sites (N-methyl/N-ethyl adjacent to an activating group) is 2. The van der Waals surface area contributed by atoms with E-state index in [4.69, 9.17) is 4.74 Å². The average molecular weight is 518 g/mol. The van der Waals surface area contributed by atoms with Gasteiger partial charge in [-0.3, -0.25) is 9.89 Å². The molecule has 0 radical (unpaired) electrons. The van der Waals surface area contributed by atoms with Crippen LogP contribution in [0.1, 0.15) is 37.3 Å². The van der Waals surface area contributed by atoms with Gasteiger partial charge in [-0.05, 0) is 39.1 Å². The minimum atomic E-state index is 0. The van der Waals surface area contributed by atoms with Gasteiger partial charge in [0, 0.05) is 51.4 Å². The van der Waals surface area contributed by atoms with Gasteiger partial charge in [0.05, 0.1) is 6.61 Å². The average Bonchev–Trinajstić information content (AvgIpc) is 2.69. The molecule has 0 saturated carbocycles. The Kier molecular flexibility index (Phi) is 12.6. The molecule has 1 aliphatic heterocycles. The second kappa shape index (κ2) is 14.0. The molecule has 0 amide bonds. The molecule has 0 aromatic heterocycles. The molecule has 29 heavy (non-hydrogen) atoms. The molecule has 1 aliphatic rings. The van der Waals surface area contributed by atoms with Crippen molar-refractivity contribution in [3.05, 3.63) is 29.3 Å². The van der Waals surface area contributed by atoms with Gasteiger partial charge in [0.1, 0.15) is 5.75 Å². The predicted octanol–water partition coefficient (Wildman–Crippen LogP) is 3.09. The van der Waals surface area contributed by atoms with Crippen molar-refractivity contribution in [2.75, 3.05) is 53.9 Å². The number of guanidine groups is 1. The first-order chi connectivity index (χ1) is 13.5. The standard InChI is InChI=1S/C22H39N5O.HI/c1-6-7-8-13-28-21-14-18(2)9-10-19(21)15-24-22(23-3)25-16-20-17-26(4)11-12-27(20)5;/h9-10,14,20H,6-8,11-13,15-17H2,1-5H3,(H2,23,24,25);1H. The van der Waals surface area contributed by atoms with Crippen molar-refractivity contribution in [1.29, 1.82) is 0 Å². The fourth-order valence-corrected chi connectivity index (χ4v) is 3.41. The van der Waals surface area contributed by atoms with Crippen molar-refractivity contribution in [1.82, 2.24) is 20.4 Å². The zero-order valence-electron chi connectivity index (χ0n) is 18.8. The lowest BCUT2D eigenvalue weighted by Gasteiger charge is -2.37. The molecule has 1 aromatic carbocycles. The fraction of sp³-hybridized carbons (Fsp3) is 0.682. The molecule has 166 valence electrons.